The molecule has 0 aliphatic carbocycles. The molecule has 0 aromatic carbocycles. The van der Waals surface area contributed by atoms with E-state index in [1.807, 2.05) is 6.92 Å². The van der Waals surface area contributed by atoms with Crippen LogP contribution in [0.1, 0.15) is 12.6 Å². The van der Waals surface area contributed by atoms with Crippen molar-refractivity contribution in [1.82, 2.24) is 24.3 Å². The van der Waals surface area contributed by atoms with Crippen molar-refractivity contribution in [2.24, 2.45) is 0 Å². The molecule has 0 aliphatic rings. The predicted molar refractivity (Wildman–Crippen MR) is 89.1 cm³/mol. The van der Waals surface area contributed by atoms with E-state index < -0.39 is 17.4 Å². The third-order valence-corrected chi connectivity index (χ3v) is 4.06. The fourth-order valence-electron chi connectivity index (χ4n) is 2.85. The van der Waals surface area contributed by atoms with Crippen LogP contribution in [0, 0.1) is 0 Å². The van der Waals surface area contributed by atoms with E-state index in [0.29, 0.717) is 23.0 Å². The van der Waals surface area contributed by atoms with Crippen LogP contribution in [0.5, 0.6) is 0 Å². The van der Waals surface area contributed by atoms with Crippen molar-refractivity contribution in [3.05, 3.63) is 58.9 Å². The summed E-state index contributed by atoms with van der Waals surface area (Å²) in [5.74, 6) is 0. The number of alkyl halides is 3. The highest BCUT2D eigenvalue weighted by molar-refractivity contribution is 6.03. The normalized spacial score (nSPS) is 12.2. The summed E-state index contributed by atoms with van der Waals surface area (Å²) >= 11 is 0. The van der Waals surface area contributed by atoms with E-state index in [1.54, 1.807) is 23.0 Å². The zero-order valence-corrected chi connectivity index (χ0v) is 13.5. The number of aromatic nitrogens is 5. The van der Waals surface area contributed by atoms with Crippen molar-refractivity contribution in [2.75, 3.05) is 0 Å². The third kappa shape index (κ3) is 2.43. The maximum Gasteiger partial charge on any atom is 0.433 e. The molecule has 4 rings (SSSR count). The number of nitrogens with zero attached hydrogens (tertiary/aromatic N) is 5. The van der Waals surface area contributed by atoms with E-state index in [0.717, 1.165) is 10.6 Å². The summed E-state index contributed by atoms with van der Waals surface area (Å²) in [5.41, 5.74) is -1.20. The molecule has 0 aliphatic heterocycles. The first kappa shape index (κ1) is 16.2. The van der Waals surface area contributed by atoms with Gasteiger partial charge in [0.25, 0.3) is 5.56 Å². The fraction of sp³-hybridized carbons (Fsp3) is 0.176. The van der Waals surface area contributed by atoms with Crippen molar-refractivity contribution in [3.63, 3.8) is 0 Å². The zero-order valence-electron chi connectivity index (χ0n) is 13.5. The van der Waals surface area contributed by atoms with Gasteiger partial charge in [0.1, 0.15) is 11.3 Å². The number of hydrogen-bond donors (Lipinski definition) is 0. The molecule has 26 heavy (non-hydrogen) atoms. The Balaban J connectivity index is 2.20. The van der Waals surface area contributed by atoms with Gasteiger partial charge in [-0.15, -0.1) is 0 Å². The van der Waals surface area contributed by atoms with Crippen LogP contribution in [0.15, 0.2) is 47.7 Å². The maximum atomic E-state index is 13.1. The average molecular weight is 359 g/mol. The second-order valence-corrected chi connectivity index (χ2v) is 5.66. The molecule has 0 radical (unpaired) electrons. The first-order valence-corrected chi connectivity index (χ1v) is 7.80. The van der Waals surface area contributed by atoms with Gasteiger partial charge in [0.2, 0.25) is 0 Å². The van der Waals surface area contributed by atoms with E-state index in [-0.39, 0.29) is 11.2 Å². The Morgan fingerprint density at radius 2 is 1.96 bits per heavy atom. The number of hydrogen-bond acceptors (Lipinski definition) is 4. The Bertz CT molecular complexity index is 1180. The minimum Gasteiger partial charge on any atom is -0.272 e. The van der Waals surface area contributed by atoms with Crippen LogP contribution in [0.2, 0.25) is 0 Å². The summed E-state index contributed by atoms with van der Waals surface area (Å²) in [6.07, 6.45) is -0.0742. The smallest absolute Gasteiger partial charge is 0.272 e. The Kier molecular flexibility index (Phi) is 3.53. The monoisotopic (exact) mass is 359 g/mol. The number of pyridine rings is 3. The lowest BCUT2D eigenvalue weighted by atomic mass is 10.1. The summed E-state index contributed by atoms with van der Waals surface area (Å²) in [6.45, 7) is 2.38. The van der Waals surface area contributed by atoms with Crippen LogP contribution < -0.4 is 5.56 Å². The molecule has 0 amide bonds. The highest BCUT2D eigenvalue weighted by Crippen LogP contribution is 2.31. The largest absolute Gasteiger partial charge is 0.433 e. The summed E-state index contributed by atoms with van der Waals surface area (Å²) in [4.78, 5) is 20.7. The summed E-state index contributed by atoms with van der Waals surface area (Å²) in [5, 5.41) is 5.13. The van der Waals surface area contributed by atoms with Gasteiger partial charge in [-0.1, -0.05) is 0 Å². The van der Waals surface area contributed by atoms with Crippen LogP contribution in [0.3, 0.4) is 0 Å². The molecular formula is C17H12F3N5O. The summed E-state index contributed by atoms with van der Waals surface area (Å²) in [6, 6.07) is 5.40. The van der Waals surface area contributed by atoms with E-state index in [9.17, 15) is 18.0 Å². The lowest BCUT2D eigenvalue weighted by molar-refractivity contribution is -0.141. The molecule has 4 aromatic heterocycles. The molecule has 4 heterocycles. The minimum atomic E-state index is -4.62. The van der Waals surface area contributed by atoms with E-state index in [4.69, 9.17) is 0 Å². The number of fused-ring (bicyclic) bond motifs is 3. The highest BCUT2D eigenvalue weighted by atomic mass is 19.4. The molecule has 0 saturated heterocycles. The van der Waals surface area contributed by atoms with Crippen molar-refractivity contribution in [2.45, 2.75) is 19.6 Å². The second kappa shape index (κ2) is 5.65. The van der Waals surface area contributed by atoms with Gasteiger partial charge in [-0.25, -0.2) is 4.98 Å². The molecule has 132 valence electrons. The van der Waals surface area contributed by atoms with Crippen molar-refractivity contribution in [3.8, 4) is 5.69 Å². The predicted octanol–water partition coefficient (Wildman–Crippen LogP) is 3.17. The van der Waals surface area contributed by atoms with Gasteiger partial charge in [-0.05, 0) is 31.2 Å². The molecule has 4 aromatic rings. The van der Waals surface area contributed by atoms with Gasteiger partial charge in [0, 0.05) is 29.7 Å². The quantitative estimate of drug-likeness (QED) is 0.551. The zero-order chi connectivity index (χ0) is 18.5. The van der Waals surface area contributed by atoms with E-state index in [2.05, 4.69) is 15.1 Å². The third-order valence-electron chi connectivity index (χ3n) is 4.06. The molecule has 0 N–H and O–H groups in total. The average Bonchev–Trinajstić information content (AvgIpc) is 3.07. The standard InChI is InChI=1S/C17H12F3N5O/c1-2-24-9-12-11-5-6-13(17(18,19)20)22-15(11)25(16(26)14(12)23-24)10-4-3-7-21-8-10/h3-9H,2H2,1H3. The molecule has 0 atom stereocenters. The molecule has 6 nitrogen and oxygen atoms in total. The lowest BCUT2D eigenvalue weighted by Crippen LogP contribution is -2.21. The van der Waals surface area contributed by atoms with Crippen molar-refractivity contribution >= 4 is 21.9 Å². The van der Waals surface area contributed by atoms with Crippen LogP contribution in [0.4, 0.5) is 13.2 Å². The van der Waals surface area contributed by atoms with Gasteiger partial charge in [-0.3, -0.25) is 19.0 Å². The van der Waals surface area contributed by atoms with Crippen LogP contribution >= 0.6 is 0 Å². The van der Waals surface area contributed by atoms with Gasteiger partial charge >= 0.3 is 6.18 Å². The van der Waals surface area contributed by atoms with Gasteiger partial charge in [0.05, 0.1) is 11.9 Å². The Hall–Kier alpha value is -3.23. The summed E-state index contributed by atoms with van der Waals surface area (Å²) in [7, 11) is 0. The maximum absolute atomic E-state index is 13.1. The molecule has 0 fully saturated rings. The Morgan fingerprint density at radius 1 is 1.15 bits per heavy atom. The van der Waals surface area contributed by atoms with Crippen molar-refractivity contribution < 1.29 is 13.2 Å². The van der Waals surface area contributed by atoms with Crippen molar-refractivity contribution in [1.29, 1.82) is 0 Å². The van der Waals surface area contributed by atoms with Crippen LogP contribution in [-0.4, -0.2) is 24.3 Å². The van der Waals surface area contributed by atoms with Gasteiger partial charge < -0.3 is 0 Å². The van der Waals surface area contributed by atoms with Crippen LogP contribution in [0.25, 0.3) is 27.6 Å². The number of aryl methyl sites for hydroxylation is 1. The summed E-state index contributed by atoms with van der Waals surface area (Å²) < 4.78 is 42.1. The molecule has 0 spiro atoms. The van der Waals surface area contributed by atoms with Crippen LogP contribution in [-0.2, 0) is 12.7 Å². The number of halogens is 3. The molecule has 9 heteroatoms. The fourth-order valence-corrected chi connectivity index (χ4v) is 2.85. The van der Waals surface area contributed by atoms with Gasteiger partial charge in [0.15, 0.2) is 5.52 Å². The highest BCUT2D eigenvalue weighted by Gasteiger charge is 2.33. The SMILES string of the molecule is CCn1cc2c(n1)c(=O)n(-c1cccnc1)c1nc(C(F)(F)F)ccc21. The molecule has 0 bridgehead atoms. The topological polar surface area (TPSA) is 65.6 Å². The second-order valence-electron chi connectivity index (χ2n) is 5.66. The van der Waals surface area contributed by atoms with E-state index in [1.165, 1.54) is 18.5 Å². The van der Waals surface area contributed by atoms with E-state index >= 15 is 0 Å². The molecular weight excluding hydrogens is 347 g/mol. The molecule has 0 saturated carbocycles. The Morgan fingerprint density at radius 3 is 2.62 bits per heavy atom. The molecule has 0 unspecified atom stereocenters. The lowest BCUT2D eigenvalue weighted by Gasteiger charge is -2.12. The Labute approximate surface area is 144 Å². The minimum absolute atomic E-state index is 0.0824. The first-order chi connectivity index (χ1) is 12.4. The van der Waals surface area contributed by atoms with Gasteiger partial charge in [-0.2, -0.15) is 18.3 Å². The number of rotatable bonds is 2. The first-order valence-electron chi connectivity index (χ1n) is 7.80.